The number of halogens is 1. The highest BCUT2D eigenvalue weighted by molar-refractivity contribution is 6.66. The molecule has 0 fully saturated rings. The van der Waals surface area contributed by atoms with E-state index >= 15 is 0 Å². The summed E-state index contributed by atoms with van der Waals surface area (Å²) in [5.41, 5.74) is 1.02. The molecule has 32 heavy (non-hydrogen) atoms. The quantitative estimate of drug-likeness (QED) is 0.435. The van der Waals surface area contributed by atoms with Gasteiger partial charge in [0.2, 0.25) is 5.89 Å². The molecule has 0 unspecified atom stereocenters. The number of hydrogen-bond donors (Lipinski definition) is 0. The van der Waals surface area contributed by atoms with Crippen molar-refractivity contribution in [3.05, 3.63) is 74.0 Å². The maximum absolute atomic E-state index is 13.0. The van der Waals surface area contributed by atoms with Gasteiger partial charge in [-0.25, -0.2) is 9.79 Å². The summed E-state index contributed by atoms with van der Waals surface area (Å²) in [5, 5.41) is 4.39. The summed E-state index contributed by atoms with van der Waals surface area (Å²) in [6.07, 6.45) is 4.65. The zero-order valence-electron chi connectivity index (χ0n) is 18.1. The molecule has 0 amide bonds. The van der Waals surface area contributed by atoms with E-state index in [0.717, 1.165) is 24.8 Å². The number of benzene rings is 1. The first-order valence-corrected chi connectivity index (χ1v) is 11.4. The SMILES string of the molecule is CCCCn1c2c(c(=O)n(CCCCc3nc(Cc4ccccc4)no3)c1=O)CC(Cl)=N2. The summed E-state index contributed by atoms with van der Waals surface area (Å²) in [5.74, 6) is 1.64. The van der Waals surface area contributed by atoms with Gasteiger partial charge in [0.1, 0.15) is 11.0 Å². The summed E-state index contributed by atoms with van der Waals surface area (Å²) >= 11 is 6.07. The topological polar surface area (TPSA) is 95.3 Å². The van der Waals surface area contributed by atoms with Gasteiger partial charge in [0, 0.05) is 32.4 Å². The molecule has 1 aliphatic rings. The van der Waals surface area contributed by atoms with Crippen molar-refractivity contribution in [1.82, 2.24) is 19.3 Å². The minimum atomic E-state index is -0.319. The zero-order valence-corrected chi connectivity index (χ0v) is 18.8. The van der Waals surface area contributed by atoms with Gasteiger partial charge >= 0.3 is 5.69 Å². The van der Waals surface area contributed by atoms with Gasteiger partial charge in [-0.05, 0) is 24.8 Å². The molecule has 168 valence electrons. The lowest BCUT2D eigenvalue weighted by atomic mass is 10.1. The Morgan fingerprint density at radius 1 is 1.06 bits per heavy atom. The molecular weight excluding hydrogens is 430 g/mol. The second-order valence-electron chi connectivity index (χ2n) is 7.94. The molecule has 0 bridgehead atoms. The van der Waals surface area contributed by atoms with Crippen LogP contribution < -0.4 is 11.2 Å². The van der Waals surface area contributed by atoms with Gasteiger partial charge in [-0.3, -0.25) is 13.9 Å². The van der Waals surface area contributed by atoms with E-state index in [-0.39, 0.29) is 17.7 Å². The minimum Gasteiger partial charge on any atom is -0.339 e. The number of rotatable bonds is 10. The maximum Gasteiger partial charge on any atom is 0.332 e. The van der Waals surface area contributed by atoms with Crippen LogP contribution in [0.15, 0.2) is 49.4 Å². The van der Waals surface area contributed by atoms with Crippen molar-refractivity contribution in [3.63, 3.8) is 0 Å². The molecule has 8 nitrogen and oxygen atoms in total. The average Bonchev–Trinajstić information content (AvgIpc) is 3.40. The number of fused-ring (bicyclic) bond motifs is 1. The molecule has 4 rings (SSSR count). The Bertz CT molecular complexity index is 1230. The highest BCUT2D eigenvalue weighted by atomic mass is 35.5. The van der Waals surface area contributed by atoms with Gasteiger partial charge in [0.25, 0.3) is 5.56 Å². The Hall–Kier alpha value is -3.00. The van der Waals surface area contributed by atoms with Crippen LogP contribution in [0.2, 0.25) is 0 Å². The first kappa shape index (κ1) is 22.2. The normalized spacial score (nSPS) is 12.8. The predicted molar refractivity (Wildman–Crippen MR) is 123 cm³/mol. The lowest BCUT2D eigenvalue weighted by Crippen LogP contribution is -2.41. The van der Waals surface area contributed by atoms with Crippen LogP contribution in [0, 0.1) is 0 Å². The van der Waals surface area contributed by atoms with Crippen LogP contribution in [0.1, 0.15) is 55.4 Å². The van der Waals surface area contributed by atoms with Crippen LogP contribution in [0.3, 0.4) is 0 Å². The highest BCUT2D eigenvalue weighted by Crippen LogP contribution is 2.24. The third-order valence-electron chi connectivity index (χ3n) is 5.51. The van der Waals surface area contributed by atoms with Gasteiger partial charge in [-0.1, -0.05) is 60.4 Å². The molecule has 9 heteroatoms. The Morgan fingerprint density at radius 2 is 1.84 bits per heavy atom. The van der Waals surface area contributed by atoms with E-state index in [1.807, 2.05) is 30.3 Å². The van der Waals surface area contributed by atoms with E-state index in [2.05, 4.69) is 22.1 Å². The lowest BCUT2D eigenvalue weighted by Gasteiger charge is -2.13. The number of nitrogens with zero attached hydrogens (tertiary/aromatic N) is 5. The van der Waals surface area contributed by atoms with E-state index in [1.165, 1.54) is 4.57 Å². The van der Waals surface area contributed by atoms with E-state index in [1.54, 1.807) is 4.57 Å². The van der Waals surface area contributed by atoms with Crippen molar-refractivity contribution in [2.24, 2.45) is 4.99 Å². The second kappa shape index (κ2) is 10.1. The smallest absolute Gasteiger partial charge is 0.332 e. The van der Waals surface area contributed by atoms with Crippen molar-refractivity contribution in [1.29, 1.82) is 0 Å². The molecule has 0 N–H and O–H groups in total. The molecule has 0 saturated carbocycles. The van der Waals surface area contributed by atoms with Crippen LogP contribution >= 0.6 is 11.6 Å². The highest BCUT2D eigenvalue weighted by Gasteiger charge is 2.24. The van der Waals surface area contributed by atoms with Crippen molar-refractivity contribution in [2.45, 2.75) is 65.0 Å². The first-order chi connectivity index (χ1) is 15.6. The van der Waals surface area contributed by atoms with Gasteiger partial charge in [0.05, 0.1) is 5.56 Å². The Balaban J connectivity index is 1.39. The standard InChI is InChI=1S/C23H26ClN5O3/c1-2-3-12-28-21-17(15-18(24)25-21)22(30)29(23(28)31)13-8-7-11-20-26-19(27-32-20)14-16-9-5-4-6-10-16/h4-6,9-10H,2-3,7-8,11-15H2,1H3. The van der Waals surface area contributed by atoms with Crippen LogP contribution in [0.25, 0.3) is 0 Å². The third-order valence-corrected chi connectivity index (χ3v) is 5.73. The summed E-state index contributed by atoms with van der Waals surface area (Å²) in [6, 6.07) is 9.98. The van der Waals surface area contributed by atoms with E-state index < -0.39 is 0 Å². The fourth-order valence-electron chi connectivity index (χ4n) is 3.83. The molecule has 1 aromatic carbocycles. The summed E-state index contributed by atoms with van der Waals surface area (Å²) < 4.78 is 8.25. The maximum atomic E-state index is 13.0. The molecule has 1 aliphatic heterocycles. The summed E-state index contributed by atoms with van der Waals surface area (Å²) in [4.78, 5) is 34.5. The van der Waals surface area contributed by atoms with E-state index in [4.69, 9.17) is 16.1 Å². The molecule has 0 atom stereocenters. The van der Waals surface area contributed by atoms with Crippen LogP contribution in [0.5, 0.6) is 0 Å². The van der Waals surface area contributed by atoms with Crippen molar-refractivity contribution >= 4 is 22.6 Å². The number of aryl methyl sites for hydroxylation is 1. The number of aliphatic imine (C=N–C) groups is 1. The van der Waals surface area contributed by atoms with Crippen LogP contribution in [-0.4, -0.2) is 24.4 Å². The number of aromatic nitrogens is 4. The summed E-state index contributed by atoms with van der Waals surface area (Å²) in [7, 11) is 0. The molecular formula is C23H26ClN5O3. The lowest BCUT2D eigenvalue weighted by molar-refractivity contribution is 0.368. The number of hydrogen-bond acceptors (Lipinski definition) is 6. The third kappa shape index (κ3) is 4.91. The molecule has 0 spiro atoms. The monoisotopic (exact) mass is 455 g/mol. The van der Waals surface area contributed by atoms with Crippen LogP contribution in [-0.2, 0) is 32.4 Å². The molecule has 2 aromatic heterocycles. The second-order valence-corrected chi connectivity index (χ2v) is 8.37. The van der Waals surface area contributed by atoms with Gasteiger partial charge in [-0.15, -0.1) is 0 Å². The van der Waals surface area contributed by atoms with Crippen LogP contribution in [0.4, 0.5) is 5.82 Å². The van der Waals surface area contributed by atoms with Gasteiger partial charge < -0.3 is 4.52 Å². The fourth-order valence-corrected chi connectivity index (χ4v) is 4.04. The minimum absolute atomic E-state index is 0.286. The molecule has 3 aromatic rings. The Labute approximate surface area is 190 Å². The number of unbranched alkanes of at least 4 members (excludes halogenated alkanes) is 2. The summed E-state index contributed by atoms with van der Waals surface area (Å²) in [6.45, 7) is 2.91. The van der Waals surface area contributed by atoms with Gasteiger partial charge in [-0.2, -0.15) is 4.98 Å². The molecule has 3 heterocycles. The zero-order chi connectivity index (χ0) is 22.5. The predicted octanol–water partition coefficient (Wildman–Crippen LogP) is 3.63. The van der Waals surface area contributed by atoms with E-state index in [9.17, 15) is 9.59 Å². The average molecular weight is 456 g/mol. The molecule has 0 radical (unpaired) electrons. The Kier molecular flexibility index (Phi) is 6.99. The fraction of sp³-hybridized carbons (Fsp3) is 0.435. The van der Waals surface area contributed by atoms with Crippen molar-refractivity contribution < 1.29 is 4.52 Å². The molecule has 0 saturated heterocycles. The van der Waals surface area contributed by atoms with Gasteiger partial charge in [0.15, 0.2) is 5.82 Å². The molecule has 0 aliphatic carbocycles. The Morgan fingerprint density at radius 3 is 2.62 bits per heavy atom. The van der Waals surface area contributed by atoms with E-state index in [0.29, 0.717) is 60.6 Å². The largest absolute Gasteiger partial charge is 0.339 e. The van der Waals surface area contributed by atoms with Crippen molar-refractivity contribution in [3.8, 4) is 0 Å². The first-order valence-electron chi connectivity index (χ1n) is 11.0. The van der Waals surface area contributed by atoms with Crippen molar-refractivity contribution in [2.75, 3.05) is 0 Å².